The molecular weight excluding hydrogens is 571 g/mol. The molecular formula is C44H29N3. The number of para-hydroxylation sites is 3. The van der Waals surface area contributed by atoms with Crippen molar-refractivity contribution in [1.82, 2.24) is 14.0 Å². The Morgan fingerprint density at radius 3 is 2.04 bits per heavy atom. The summed E-state index contributed by atoms with van der Waals surface area (Å²) < 4.78 is 4.79. The first kappa shape index (κ1) is 25.3. The number of fused-ring (bicyclic) bond motifs is 12. The molecule has 0 fully saturated rings. The van der Waals surface area contributed by atoms with E-state index in [2.05, 4.69) is 162 Å². The Morgan fingerprint density at radius 2 is 1.17 bits per heavy atom. The van der Waals surface area contributed by atoms with Gasteiger partial charge in [0.15, 0.2) is 0 Å². The van der Waals surface area contributed by atoms with Crippen LogP contribution in [0.25, 0.3) is 88.1 Å². The van der Waals surface area contributed by atoms with Gasteiger partial charge in [0, 0.05) is 49.0 Å². The van der Waals surface area contributed by atoms with Crippen LogP contribution in [0, 0.1) is 0 Å². The van der Waals surface area contributed by atoms with E-state index >= 15 is 0 Å². The quantitative estimate of drug-likeness (QED) is 0.194. The van der Waals surface area contributed by atoms with E-state index in [1.807, 2.05) is 0 Å². The maximum absolute atomic E-state index is 5.37. The fourth-order valence-electron chi connectivity index (χ4n) is 8.69. The highest BCUT2D eigenvalue weighted by Crippen LogP contribution is 2.49. The fraction of sp³-hybridized carbons (Fsp3) is 0.0682. The zero-order valence-electron chi connectivity index (χ0n) is 26.1. The van der Waals surface area contributed by atoms with Crippen LogP contribution in [0.15, 0.2) is 140 Å². The summed E-state index contributed by atoms with van der Waals surface area (Å²) in [7, 11) is 0. The lowest BCUT2D eigenvalue weighted by molar-refractivity contribution is 0.660. The monoisotopic (exact) mass is 599 g/mol. The molecule has 1 aliphatic carbocycles. The third-order valence-corrected chi connectivity index (χ3v) is 10.9. The van der Waals surface area contributed by atoms with E-state index in [1.165, 1.54) is 82.3 Å². The Bertz CT molecular complexity index is 2930. The Kier molecular flexibility index (Phi) is 4.66. The van der Waals surface area contributed by atoms with Gasteiger partial charge in [-0.1, -0.05) is 105 Å². The highest BCUT2D eigenvalue weighted by molar-refractivity contribution is 6.22. The third kappa shape index (κ3) is 3.14. The number of aromatic nitrogens is 3. The Balaban J connectivity index is 1.12. The van der Waals surface area contributed by atoms with Crippen LogP contribution >= 0.6 is 0 Å². The maximum atomic E-state index is 5.37. The largest absolute Gasteiger partial charge is 0.309 e. The summed E-state index contributed by atoms with van der Waals surface area (Å²) >= 11 is 0. The smallest absolute Gasteiger partial charge is 0.146 e. The van der Waals surface area contributed by atoms with Crippen molar-refractivity contribution in [2.45, 2.75) is 19.3 Å². The van der Waals surface area contributed by atoms with Gasteiger partial charge >= 0.3 is 0 Å². The normalized spacial score (nSPS) is 13.9. The SMILES string of the molecule is CC1(C)c2ccccc2-c2ccc(-n3c4ccccc4c4cc(-c5ccc6c7cccc8c9ccccc9n(c6n5)c87)ccc43)cc21. The molecule has 0 radical (unpaired) electrons. The van der Waals surface area contributed by atoms with Gasteiger partial charge in [-0.05, 0) is 70.8 Å². The van der Waals surface area contributed by atoms with Crippen molar-refractivity contribution >= 4 is 60.0 Å². The first-order chi connectivity index (χ1) is 23.1. The standard InChI is InChI=1S/C44H29N3/c1-44(2)36-15-6-3-10-28(36)29-20-19-27(25-37(29)44)46-39-16-7-5-12-31(39)35-24-26(18-23-41(35)46)38-22-21-34-33-14-9-13-32-30-11-4-8-17-40(30)47(42(32)33)43(34)45-38/h3-25H,1-2H3. The molecule has 0 spiro atoms. The van der Waals surface area contributed by atoms with E-state index in [0.717, 1.165) is 16.9 Å². The van der Waals surface area contributed by atoms with Gasteiger partial charge in [0.2, 0.25) is 0 Å². The van der Waals surface area contributed by atoms with E-state index in [1.54, 1.807) is 0 Å². The van der Waals surface area contributed by atoms with E-state index in [9.17, 15) is 0 Å². The van der Waals surface area contributed by atoms with Crippen LogP contribution in [0.4, 0.5) is 0 Å². The van der Waals surface area contributed by atoms with E-state index in [-0.39, 0.29) is 5.41 Å². The van der Waals surface area contributed by atoms with Gasteiger partial charge in [-0.2, -0.15) is 0 Å². The minimum absolute atomic E-state index is 0.0522. The Labute approximate surface area is 271 Å². The average Bonchev–Trinajstić information content (AvgIpc) is 3.81. The summed E-state index contributed by atoms with van der Waals surface area (Å²) in [6, 6.07) is 51.3. The molecule has 11 rings (SSSR count). The Hall–Kier alpha value is -5.93. The van der Waals surface area contributed by atoms with Crippen molar-refractivity contribution in [3.05, 3.63) is 151 Å². The molecule has 4 aromatic heterocycles. The summed E-state index contributed by atoms with van der Waals surface area (Å²) in [5.41, 5.74) is 14.6. The highest BCUT2D eigenvalue weighted by Gasteiger charge is 2.35. The number of hydrogen-bond acceptors (Lipinski definition) is 1. The molecule has 0 amide bonds. The first-order valence-corrected chi connectivity index (χ1v) is 16.4. The second-order valence-corrected chi connectivity index (χ2v) is 13.6. The van der Waals surface area contributed by atoms with E-state index < -0.39 is 0 Å². The van der Waals surface area contributed by atoms with Crippen molar-refractivity contribution in [2.75, 3.05) is 0 Å². The molecule has 220 valence electrons. The van der Waals surface area contributed by atoms with Crippen LogP contribution in [0.3, 0.4) is 0 Å². The lowest BCUT2D eigenvalue weighted by Gasteiger charge is -2.22. The van der Waals surface area contributed by atoms with Gasteiger partial charge in [-0.15, -0.1) is 0 Å². The molecule has 0 atom stereocenters. The predicted molar refractivity (Wildman–Crippen MR) is 196 cm³/mol. The summed E-state index contributed by atoms with van der Waals surface area (Å²) in [6.45, 7) is 4.70. The van der Waals surface area contributed by atoms with Crippen molar-refractivity contribution in [1.29, 1.82) is 0 Å². The number of hydrogen-bond donors (Lipinski definition) is 0. The molecule has 4 heterocycles. The zero-order valence-corrected chi connectivity index (χ0v) is 26.1. The molecule has 6 aromatic carbocycles. The van der Waals surface area contributed by atoms with Gasteiger partial charge in [-0.25, -0.2) is 4.98 Å². The van der Waals surface area contributed by atoms with Crippen molar-refractivity contribution < 1.29 is 0 Å². The number of pyridine rings is 1. The van der Waals surface area contributed by atoms with Crippen LogP contribution in [-0.2, 0) is 5.41 Å². The van der Waals surface area contributed by atoms with E-state index in [0.29, 0.717) is 0 Å². The highest BCUT2D eigenvalue weighted by atomic mass is 15.0. The van der Waals surface area contributed by atoms with Gasteiger partial charge in [-0.3, -0.25) is 4.40 Å². The molecule has 0 aliphatic heterocycles. The van der Waals surface area contributed by atoms with Crippen LogP contribution in [0.2, 0.25) is 0 Å². The summed E-state index contributed by atoms with van der Waals surface area (Å²) in [6.07, 6.45) is 0. The lowest BCUT2D eigenvalue weighted by atomic mass is 9.82. The van der Waals surface area contributed by atoms with Crippen LogP contribution in [0.5, 0.6) is 0 Å². The summed E-state index contributed by atoms with van der Waals surface area (Å²) in [5.74, 6) is 0. The van der Waals surface area contributed by atoms with Gasteiger partial charge in [0.05, 0.1) is 27.8 Å². The predicted octanol–water partition coefficient (Wildman–Crippen LogP) is 11.3. The van der Waals surface area contributed by atoms with Crippen LogP contribution in [-0.4, -0.2) is 14.0 Å². The van der Waals surface area contributed by atoms with Crippen LogP contribution < -0.4 is 0 Å². The van der Waals surface area contributed by atoms with Gasteiger partial charge < -0.3 is 4.57 Å². The minimum atomic E-state index is -0.0522. The second kappa shape index (κ2) is 8.65. The molecule has 0 unspecified atom stereocenters. The zero-order chi connectivity index (χ0) is 31.0. The molecule has 47 heavy (non-hydrogen) atoms. The molecule has 1 aliphatic rings. The summed E-state index contributed by atoms with van der Waals surface area (Å²) in [4.78, 5) is 5.37. The lowest BCUT2D eigenvalue weighted by Crippen LogP contribution is -2.15. The maximum Gasteiger partial charge on any atom is 0.146 e. The number of rotatable bonds is 2. The average molecular weight is 600 g/mol. The molecule has 0 bridgehead atoms. The molecule has 0 saturated carbocycles. The fourth-order valence-corrected chi connectivity index (χ4v) is 8.69. The molecule has 10 aromatic rings. The second-order valence-electron chi connectivity index (χ2n) is 13.6. The van der Waals surface area contributed by atoms with E-state index in [4.69, 9.17) is 4.98 Å². The van der Waals surface area contributed by atoms with Gasteiger partial charge in [0.25, 0.3) is 0 Å². The van der Waals surface area contributed by atoms with Crippen LogP contribution in [0.1, 0.15) is 25.0 Å². The number of benzene rings is 6. The molecule has 0 N–H and O–H groups in total. The van der Waals surface area contributed by atoms with Crippen molar-refractivity contribution in [3.63, 3.8) is 0 Å². The first-order valence-electron chi connectivity index (χ1n) is 16.4. The number of nitrogens with zero attached hydrogens (tertiary/aromatic N) is 3. The molecule has 0 saturated heterocycles. The Morgan fingerprint density at radius 1 is 0.489 bits per heavy atom. The minimum Gasteiger partial charge on any atom is -0.309 e. The molecule has 3 heteroatoms. The third-order valence-electron chi connectivity index (χ3n) is 10.9. The van der Waals surface area contributed by atoms with Gasteiger partial charge in [0.1, 0.15) is 5.65 Å². The summed E-state index contributed by atoms with van der Waals surface area (Å²) in [5, 5.41) is 7.49. The topological polar surface area (TPSA) is 22.2 Å². The molecule has 3 nitrogen and oxygen atoms in total. The van der Waals surface area contributed by atoms with Crippen molar-refractivity contribution in [3.8, 4) is 28.1 Å². The van der Waals surface area contributed by atoms with Crippen molar-refractivity contribution in [2.24, 2.45) is 0 Å².